The minimum atomic E-state index is -0.536. The second kappa shape index (κ2) is 4.32. The third-order valence-corrected chi connectivity index (χ3v) is 4.29. The van der Waals surface area contributed by atoms with Gasteiger partial charge >= 0.3 is 12.8 Å². The number of fused-ring (bicyclic) bond motifs is 1. The van der Waals surface area contributed by atoms with Gasteiger partial charge in [0, 0.05) is 0 Å². The highest BCUT2D eigenvalue weighted by atomic mass is 16.7. The predicted molar refractivity (Wildman–Crippen MR) is 80.9 cm³/mol. The Kier molecular flexibility index (Phi) is 2.90. The molecule has 1 aliphatic rings. The van der Waals surface area contributed by atoms with Gasteiger partial charge in [-0.05, 0) is 45.3 Å². The monoisotopic (exact) mass is 288 g/mol. The molecule has 0 amide bonds. The lowest BCUT2D eigenvalue weighted by Crippen LogP contribution is -2.41. The average molecular weight is 288 g/mol. The van der Waals surface area contributed by atoms with E-state index in [0.717, 1.165) is 5.46 Å². The fourth-order valence-electron chi connectivity index (χ4n) is 2.31. The zero-order valence-corrected chi connectivity index (χ0v) is 12.4. The van der Waals surface area contributed by atoms with Crippen molar-refractivity contribution in [2.24, 2.45) is 0 Å². The van der Waals surface area contributed by atoms with Crippen molar-refractivity contribution in [3.8, 4) is 0 Å². The molecule has 21 heavy (non-hydrogen) atoms. The fraction of sp³-hybridized carbons (Fsp3) is 0.429. The van der Waals surface area contributed by atoms with Crippen LogP contribution in [-0.4, -0.2) is 28.3 Å². The summed E-state index contributed by atoms with van der Waals surface area (Å²) in [5.74, 6) is 0. The Bertz CT molecular complexity index is 806. The molecule has 110 valence electrons. The third-order valence-electron chi connectivity index (χ3n) is 4.29. The van der Waals surface area contributed by atoms with E-state index in [2.05, 4.69) is 9.97 Å². The summed E-state index contributed by atoms with van der Waals surface area (Å²) in [6.07, 6.45) is 0. The molecule has 0 atom stereocenters. The van der Waals surface area contributed by atoms with Crippen LogP contribution in [0.2, 0.25) is 0 Å². The van der Waals surface area contributed by atoms with Crippen LogP contribution >= 0.6 is 0 Å². The number of aromatic amines is 2. The summed E-state index contributed by atoms with van der Waals surface area (Å²) >= 11 is 0. The van der Waals surface area contributed by atoms with Gasteiger partial charge in [0.1, 0.15) is 0 Å². The highest BCUT2D eigenvalue weighted by molar-refractivity contribution is 6.62. The van der Waals surface area contributed by atoms with E-state index in [4.69, 9.17) is 9.31 Å². The molecule has 1 saturated heterocycles. The lowest BCUT2D eigenvalue weighted by atomic mass is 9.78. The van der Waals surface area contributed by atoms with Crippen LogP contribution in [0, 0.1) is 0 Å². The van der Waals surface area contributed by atoms with Crippen molar-refractivity contribution >= 4 is 23.5 Å². The number of aromatic nitrogens is 2. The molecule has 1 aliphatic heterocycles. The molecule has 0 bridgehead atoms. The Morgan fingerprint density at radius 2 is 1.62 bits per heavy atom. The van der Waals surface area contributed by atoms with Crippen molar-refractivity contribution in [1.29, 1.82) is 0 Å². The van der Waals surface area contributed by atoms with Crippen molar-refractivity contribution in [2.45, 2.75) is 38.9 Å². The Balaban J connectivity index is 2.07. The Morgan fingerprint density at radius 3 is 2.24 bits per heavy atom. The lowest BCUT2D eigenvalue weighted by molar-refractivity contribution is 0.00578. The van der Waals surface area contributed by atoms with Gasteiger partial charge in [-0.1, -0.05) is 6.07 Å². The zero-order chi connectivity index (χ0) is 15.4. The maximum atomic E-state index is 11.9. The summed E-state index contributed by atoms with van der Waals surface area (Å²) in [5.41, 5.74) is -0.584. The summed E-state index contributed by atoms with van der Waals surface area (Å²) in [7, 11) is -0.536. The van der Waals surface area contributed by atoms with E-state index in [1.54, 1.807) is 18.2 Å². The van der Waals surface area contributed by atoms with Gasteiger partial charge in [0.05, 0.1) is 22.1 Å². The van der Waals surface area contributed by atoms with Crippen LogP contribution < -0.4 is 16.7 Å². The maximum absolute atomic E-state index is 11.9. The van der Waals surface area contributed by atoms with Crippen LogP contribution in [0.25, 0.3) is 10.9 Å². The molecule has 0 saturated carbocycles. The summed E-state index contributed by atoms with van der Waals surface area (Å²) < 4.78 is 11.9. The van der Waals surface area contributed by atoms with Crippen molar-refractivity contribution in [3.05, 3.63) is 39.0 Å². The van der Waals surface area contributed by atoms with Crippen LogP contribution in [0.3, 0.4) is 0 Å². The smallest absolute Gasteiger partial charge is 0.399 e. The fourth-order valence-corrected chi connectivity index (χ4v) is 2.31. The average Bonchev–Trinajstić information content (AvgIpc) is 2.58. The molecule has 7 heteroatoms. The van der Waals surface area contributed by atoms with E-state index in [-0.39, 0.29) is 0 Å². The van der Waals surface area contributed by atoms with Gasteiger partial charge in [-0.3, -0.25) is 9.78 Å². The van der Waals surface area contributed by atoms with E-state index in [9.17, 15) is 9.59 Å². The second-order valence-electron chi connectivity index (χ2n) is 6.30. The van der Waals surface area contributed by atoms with Crippen molar-refractivity contribution in [1.82, 2.24) is 9.97 Å². The highest BCUT2D eigenvalue weighted by Gasteiger charge is 2.51. The molecule has 0 radical (unpaired) electrons. The molecule has 0 spiro atoms. The number of H-pyrrole nitrogens is 2. The molecule has 0 aliphatic carbocycles. The number of nitrogens with one attached hydrogen (secondary N) is 2. The van der Waals surface area contributed by atoms with Gasteiger partial charge in [0.15, 0.2) is 0 Å². The van der Waals surface area contributed by atoms with E-state index in [0.29, 0.717) is 10.9 Å². The summed E-state index contributed by atoms with van der Waals surface area (Å²) in [5, 5.41) is 0.404. The van der Waals surface area contributed by atoms with E-state index < -0.39 is 29.6 Å². The minimum absolute atomic E-state index is 0.404. The Morgan fingerprint density at radius 1 is 1.00 bits per heavy atom. The SMILES string of the molecule is CC1(C)OB(c2ccc3[nH]c(=O)[nH]c(=O)c3c2)OC1(C)C. The number of benzene rings is 1. The summed E-state index contributed by atoms with van der Waals surface area (Å²) in [6, 6.07) is 5.17. The van der Waals surface area contributed by atoms with Gasteiger partial charge in [-0.25, -0.2) is 4.79 Å². The van der Waals surface area contributed by atoms with Crippen molar-refractivity contribution in [2.75, 3.05) is 0 Å². The van der Waals surface area contributed by atoms with Crippen LogP contribution in [0.15, 0.2) is 27.8 Å². The molecule has 1 aromatic heterocycles. The van der Waals surface area contributed by atoms with Crippen LogP contribution in [-0.2, 0) is 9.31 Å². The highest BCUT2D eigenvalue weighted by Crippen LogP contribution is 2.36. The van der Waals surface area contributed by atoms with E-state index in [1.165, 1.54) is 0 Å². The molecule has 2 aromatic rings. The molecular formula is C14H17BN2O4. The third kappa shape index (κ3) is 2.22. The lowest BCUT2D eigenvalue weighted by Gasteiger charge is -2.32. The maximum Gasteiger partial charge on any atom is 0.494 e. The first-order valence-electron chi connectivity index (χ1n) is 6.81. The van der Waals surface area contributed by atoms with Gasteiger partial charge in [-0.15, -0.1) is 0 Å². The largest absolute Gasteiger partial charge is 0.494 e. The van der Waals surface area contributed by atoms with E-state index in [1.807, 2.05) is 27.7 Å². The summed E-state index contributed by atoms with van der Waals surface area (Å²) in [4.78, 5) is 27.9. The molecular weight excluding hydrogens is 271 g/mol. The Labute approximate surface area is 121 Å². The van der Waals surface area contributed by atoms with E-state index >= 15 is 0 Å². The topological polar surface area (TPSA) is 84.2 Å². The predicted octanol–water partition coefficient (Wildman–Crippen LogP) is 0.516. The van der Waals surface area contributed by atoms with Crippen LogP contribution in [0.4, 0.5) is 0 Å². The quantitative estimate of drug-likeness (QED) is 0.749. The summed E-state index contributed by atoms with van der Waals surface area (Å²) in [6.45, 7) is 7.88. The standard InChI is InChI=1S/C14H17BN2O4/c1-13(2)14(3,4)21-15(20-13)8-5-6-10-9(7-8)11(18)17-12(19)16-10/h5-7H,1-4H3,(H2,16,17,18,19). The first-order chi connectivity index (χ1) is 9.69. The zero-order valence-electron chi connectivity index (χ0n) is 12.4. The van der Waals surface area contributed by atoms with Crippen molar-refractivity contribution in [3.63, 3.8) is 0 Å². The first-order valence-corrected chi connectivity index (χ1v) is 6.81. The number of hydrogen-bond donors (Lipinski definition) is 2. The van der Waals surface area contributed by atoms with Crippen LogP contribution in [0.5, 0.6) is 0 Å². The Hall–Kier alpha value is -1.86. The molecule has 0 unspecified atom stereocenters. The molecule has 2 heterocycles. The van der Waals surface area contributed by atoms with Crippen molar-refractivity contribution < 1.29 is 9.31 Å². The number of rotatable bonds is 1. The van der Waals surface area contributed by atoms with Crippen LogP contribution in [0.1, 0.15) is 27.7 Å². The second-order valence-corrected chi connectivity index (χ2v) is 6.30. The molecule has 2 N–H and O–H groups in total. The molecule has 6 nitrogen and oxygen atoms in total. The molecule has 3 rings (SSSR count). The molecule has 1 fully saturated rings. The van der Waals surface area contributed by atoms with Gasteiger partial charge in [0.2, 0.25) is 0 Å². The minimum Gasteiger partial charge on any atom is -0.399 e. The van der Waals surface area contributed by atoms with Gasteiger partial charge < -0.3 is 14.3 Å². The molecule has 1 aromatic carbocycles. The normalized spacial score (nSPS) is 20.1. The first kappa shape index (κ1) is 14.1. The van der Waals surface area contributed by atoms with Gasteiger partial charge in [-0.2, -0.15) is 0 Å². The number of hydrogen-bond acceptors (Lipinski definition) is 4. The van der Waals surface area contributed by atoms with Gasteiger partial charge in [0.25, 0.3) is 5.56 Å².